The molecule has 0 saturated heterocycles. The van der Waals surface area contributed by atoms with E-state index < -0.39 is 6.04 Å². The monoisotopic (exact) mass is 269 g/mol. The van der Waals surface area contributed by atoms with E-state index >= 15 is 0 Å². The fraction of sp³-hybridized carbons (Fsp3) is 0.400. The molecule has 1 aromatic rings. The van der Waals surface area contributed by atoms with Crippen molar-refractivity contribution in [2.45, 2.75) is 25.9 Å². The highest BCUT2D eigenvalue weighted by Crippen LogP contribution is 2.17. The molecular formula is C10H12BrN3O. The molecule has 5 heteroatoms. The summed E-state index contributed by atoms with van der Waals surface area (Å²) < 4.78 is 2.25. The molecule has 1 unspecified atom stereocenters. The largest absolute Gasteiger partial charge is 0.320 e. The zero-order chi connectivity index (χ0) is 11.4. The van der Waals surface area contributed by atoms with Crippen LogP contribution in [0.4, 0.5) is 0 Å². The molecule has 4 nitrogen and oxygen atoms in total. The van der Waals surface area contributed by atoms with E-state index in [4.69, 9.17) is 12.2 Å². The van der Waals surface area contributed by atoms with E-state index in [0.717, 1.165) is 0 Å². The Balaban J connectivity index is 3.00. The van der Waals surface area contributed by atoms with Crippen molar-refractivity contribution >= 4 is 21.7 Å². The first-order valence-electron chi connectivity index (χ1n) is 4.56. The maximum atomic E-state index is 11.9. The number of aryl methyl sites for hydroxylation is 1. The lowest BCUT2D eigenvalue weighted by molar-refractivity contribution is 0.0951. The second-order valence-electron chi connectivity index (χ2n) is 3.04. The van der Waals surface area contributed by atoms with Crippen molar-refractivity contribution < 1.29 is 4.79 Å². The normalized spacial score (nSPS) is 12.1. The number of hydrogen-bond acceptors (Lipinski definition) is 3. The zero-order valence-corrected chi connectivity index (χ0v) is 9.99. The number of terminal acetylenes is 1. The van der Waals surface area contributed by atoms with Crippen LogP contribution in [0.25, 0.3) is 0 Å². The second kappa shape index (κ2) is 5.10. The molecule has 1 atom stereocenters. The number of carbonyl (C=O) groups excluding carboxylic acids is 1. The lowest BCUT2D eigenvalue weighted by atomic mass is 10.1. The Morgan fingerprint density at radius 2 is 2.53 bits per heavy atom. The van der Waals surface area contributed by atoms with Crippen LogP contribution in [-0.2, 0) is 6.54 Å². The second-order valence-corrected chi connectivity index (χ2v) is 3.89. The first-order valence-corrected chi connectivity index (χ1v) is 5.35. The highest BCUT2D eigenvalue weighted by molar-refractivity contribution is 9.10. The standard InChI is InChI=1S/C10H12BrN3O/c1-3-5-8(12)10(15)9-7(11)6-13-14(9)4-2/h1,6,8H,4-5,12H2,2H3. The van der Waals surface area contributed by atoms with Crippen molar-refractivity contribution in [3.05, 3.63) is 16.4 Å². The number of aromatic nitrogens is 2. The molecule has 0 radical (unpaired) electrons. The molecule has 0 aliphatic heterocycles. The van der Waals surface area contributed by atoms with Crippen LogP contribution in [0.5, 0.6) is 0 Å². The maximum absolute atomic E-state index is 11.9. The molecule has 0 aliphatic rings. The van der Waals surface area contributed by atoms with Crippen LogP contribution in [0.15, 0.2) is 10.7 Å². The summed E-state index contributed by atoms with van der Waals surface area (Å²) in [6, 6.07) is -0.659. The number of carbonyl (C=O) groups is 1. The summed E-state index contributed by atoms with van der Waals surface area (Å²) in [5.41, 5.74) is 6.14. The van der Waals surface area contributed by atoms with Crippen molar-refractivity contribution in [1.82, 2.24) is 9.78 Å². The summed E-state index contributed by atoms with van der Waals surface area (Å²) in [7, 11) is 0. The third kappa shape index (κ3) is 2.46. The Hall–Kier alpha value is -1.12. The molecule has 0 aromatic carbocycles. The van der Waals surface area contributed by atoms with Gasteiger partial charge >= 0.3 is 0 Å². The van der Waals surface area contributed by atoms with Crippen LogP contribution in [-0.4, -0.2) is 21.6 Å². The van der Waals surface area contributed by atoms with Crippen LogP contribution in [0.2, 0.25) is 0 Å². The van der Waals surface area contributed by atoms with Gasteiger partial charge in [-0.25, -0.2) is 0 Å². The molecule has 1 heterocycles. The predicted octanol–water partition coefficient (Wildman–Crippen LogP) is 1.20. The van der Waals surface area contributed by atoms with E-state index in [1.165, 1.54) is 0 Å². The van der Waals surface area contributed by atoms with E-state index in [0.29, 0.717) is 16.7 Å². The van der Waals surface area contributed by atoms with Gasteiger partial charge in [0.1, 0.15) is 5.69 Å². The number of rotatable bonds is 4. The quantitative estimate of drug-likeness (QED) is 0.660. The van der Waals surface area contributed by atoms with Gasteiger partial charge in [-0.3, -0.25) is 9.48 Å². The number of ketones is 1. The third-order valence-corrected chi connectivity index (χ3v) is 2.58. The highest BCUT2D eigenvalue weighted by Gasteiger charge is 2.21. The molecule has 2 N–H and O–H groups in total. The first kappa shape index (κ1) is 12.0. The van der Waals surface area contributed by atoms with Crippen LogP contribution >= 0.6 is 15.9 Å². The third-order valence-electron chi connectivity index (χ3n) is 2.00. The van der Waals surface area contributed by atoms with Gasteiger partial charge in [0, 0.05) is 13.0 Å². The Labute approximate surface area is 97.0 Å². The number of nitrogens with two attached hydrogens (primary N) is 1. The van der Waals surface area contributed by atoms with Crippen LogP contribution in [0.1, 0.15) is 23.8 Å². The summed E-state index contributed by atoms with van der Waals surface area (Å²) in [6.45, 7) is 2.53. The Morgan fingerprint density at radius 1 is 1.87 bits per heavy atom. The molecule has 15 heavy (non-hydrogen) atoms. The minimum atomic E-state index is -0.659. The molecule has 80 valence electrons. The van der Waals surface area contributed by atoms with Gasteiger partial charge in [0.2, 0.25) is 0 Å². The number of Topliss-reactive ketones (excluding diaryl/α,β-unsaturated/α-hetero) is 1. The van der Waals surface area contributed by atoms with Gasteiger partial charge in [-0.1, -0.05) is 0 Å². The average molecular weight is 270 g/mol. The predicted molar refractivity (Wildman–Crippen MR) is 61.4 cm³/mol. The van der Waals surface area contributed by atoms with Gasteiger partial charge in [-0.15, -0.1) is 12.3 Å². The van der Waals surface area contributed by atoms with E-state index in [1.807, 2.05) is 6.92 Å². The summed E-state index contributed by atoms with van der Waals surface area (Å²) in [4.78, 5) is 11.9. The molecule has 0 amide bonds. The SMILES string of the molecule is C#CCC(N)C(=O)c1c(Br)cnn1CC. The summed E-state index contributed by atoms with van der Waals surface area (Å²) in [6.07, 6.45) is 6.93. The fourth-order valence-electron chi connectivity index (χ4n) is 1.24. The van der Waals surface area contributed by atoms with Crippen molar-refractivity contribution in [3.63, 3.8) is 0 Å². The molecular weight excluding hydrogens is 258 g/mol. The van der Waals surface area contributed by atoms with Crippen molar-refractivity contribution in [1.29, 1.82) is 0 Å². The van der Waals surface area contributed by atoms with E-state index in [2.05, 4.69) is 26.9 Å². The molecule has 0 spiro atoms. The summed E-state index contributed by atoms with van der Waals surface area (Å²) >= 11 is 3.27. The molecule has 1 aromatic heterocycles. The molecule has 0 aliphatic carbocycles. The van der Waals surface area contributed by atoms with Gasteiger partial charge in [0.05, 0.1) is 16.7 Å². The van der Waals surface area contributed by atoms with Crippen molar-refractivity contribution in [3.8, 4) is 12.3 Å². The van der Waals surface area contributed by atoms with Crippen LogP contribution in [0.3, 0.4) is 0 Å². The van der Waals surface area contributed by atoms with Gasteiger partial charge in [0.25, 0.3) is 0 Å². The average Bonchev–Trinajstić information content (AvgIpc) is 2.58. The van der Waals surface area contributed by atoms with E-state index in [9.17, 15) is 4.79 Å². The summed E-state index contributed by atoms with van der Waals surface area (Å²) in [5, 5.41) is 4.04. The van der Waals surface area contributed by atoms with Crippen LogP contribution in [0, 0.1) is 12.3 Å². The lowest BCUT2D eigenvalue weighted by Gasteiger charge is -2.09. The molecule has 1 rings (SSSR count). The Kier molecular flexibility index (Phi) is 4.06. The number of halogens is 1. The van der Waals surface area contributed by atoms with Gasteiger partial charge < -0.3 is 5.73 Å². The minimum Gasteiger partial charge on any atom is -0.320 e. The Morgan fingerprint density at radius 3 is 3.07 bits per heavy atom. The smallest absolute Gasteiger partial charge is 0.199 e. The first-order chi connectivity index (χ1) is 7.11. The van der Waals surface area contributed by atoms with Gasteiger partial charge in [-0.05, 0) is 22.9 Å². The fourth-order valence-corrected chi connectivity index (χ4v) is 1.73. The Bertz CT molecular complexity index is 405. The van der Waals surface area contributed by atoms with Gasteiger partial charge in [0.15, 0.2) is 5.78 Å². The number of nitrogens with zero attached hydrogens (tertiary/aromatic N) is 2. The lowest BCUT2D eigenvalue weighted by Crippen LogP contribution is -2.32. The topological polar surface area (TPSA) is 60.9 Å². The van der Waals surface area contributed by atoms with Crippen molar-refractivity contribution in [2.24, 2.45) is 5.73 Å². The molecule has 0 fully saturated rings. The number of hydrogen-bond donors (Lipinski definition) is 1. The van der Waals surface area contributed by atoms with Gasteiger partial charge in [-0.2, -0.15) is 5.10 Å². The zero-order valence-electron chi connectivity index (χ0n) is 8.40. The van der Waals surface area contributed by atoms with Crippen LogP contribution < -0.4 is 5.73 Å². The summed E-state index contributed by atoms with van der Waals surface area (Å²) in [5.74, 6) is 2.20. The highest BCUT2D eigenvalue weighted by atomic mass is 79.9. The van der Waals surface area contributed by atoms with E-state index in [1.54, 1.807) is 10.9 Å². The van der Waals surface area contributed by atoms with Crippen molar-refractivity contribution in [2.75, 3.05) is 0 Å². The minimum absolute atomic E-state index is 0.181. The van der Waals surface area contributed by atoms with E-state index in [-0.39, 0.29) is 12.2 Å². The maximum Gasteiger partial charge on any atom is 0.199 e. The molecule has 0 bridgehead atoms. The molecule has 0 saturated carbocycles.